The minimum atomic E-state index is -3.01. The predicted octanol–water partition coefficient (Wildman–Crippen LogP) is 0.0411. The van der Waals surface area contributed by atoms with Crippen molar-refractivity contribution < 1.29 is 8.42 Å². The highest BCUT2D eigenvalue weighted by Gasteiger charge is 2.34. The summed E-state index contributed by atoms with van der Waals surface area (Å²) in [6, 6.07) is 0. The molecule has 1 aliphatic rings. The fourth-order valence-electron chi connectivity index (χ4n) is 0.915. The average Bonchev–Trinajstić information content (AvgIpc) is 1.57. The molecule has 0 bridgehead atoms. The van der Waals surface area contributed by atoms with E-state index in [4.69, 9.17) is 0 Å². The van der Waals surface area contributed by atoms with Crippen LogP contribution in [0.25, 0.3) is 0 Å². The minimum absolute atomic E-state index is 0.168. The first kappa shape index (κ1) is 8.36. The van der Waals surface area contributed by atoms with E-state index in [1.165, 1.54) is 6.26 Å². The van der Waals surface area contributed by atoms with Crippen LogP contribution >= 0.6 is 11.8 Å². The van der Waals surface area contributed by atoms with Gasteiger partial charge in [0, 0.05) is 17.0 Å². The normalized spacial score (nSPS) is 23.8. The van der Waals surface area contributed by atoms with Crippen molar-refractivity contribution >= 4 is 21.8 Å². The summed E-state index contributed by atoms with van der Waals surface area (Å²) >= 11 is 1.76. The predicted molar refractivity (Wildman–Crippen MR) is 43.7 cm³/mol. The van der Waals surface area contributed by atoms with Gasteiger partial charge in [0.2, 0.25) is 10.0 Å². The van der Waals surface area contributed by atoms with Crippen molar-refractivity contribution in [2.24, 2.45) is 0 Å². The Morgan fingerprint density at radius 3 is 2.10 bits per heavy atom. The molecule has 1 heterocycles. The van der Waals surface area contributed by atoms with Gasteiger partial charge in [-0.1, -0.05) is 0 Å². The molecule has 1 N–H and O–H groups in total. The minimum Gasteiger partial charge on any atom is -0.213 e. The Bertz CT molecular complexity index is 218. The number of hydrogen-bond donors (Lipinski definition) is 1. The molecule has 0 aromatic heterocycles. The van der Waals surface area contributed by atoms with Gasteiger partial charge < -0.3 is 0 Å². The summed E-state index contributed by atoms with van der Waals surface area (Å²) in [6.07, 6.45) is 1.20. The molecule has 1 rings (SSSR count). The van der Waals surface area contributed by atoms with E-state index >= 15 is 0 Å². The third kappa shape index (κ3) is 2.14. The molecule has 0 aromatic carbocycles. The largest absolute Gasteiger partial charge is 0.213 e. The van der Waals surface area contributed by atoms with E-state index in [1.54, 1.807) is 11.8 Å². The van der Waals surface area contributed by atoms with Crippen molar-refractivity contribution in [3.63, 3.8) is 0 Å². The maximum Gasteiger partial charge on any atom is 0.209 e. The average molecular weight is 181 g/mol. The van der Waals surface area contributed by atoms with Crippen molar-refractivity contribution in [1.29, 1.82) is 0 Å². The zero-order valence-electron chi connectivity index (χ0n) is 6.05. The van der Waals surface area contributed by atoms with Crippen LogP contribution in [0.5, 0.6) is 0 Å². The molecular weight excluding hydrogens is 170 g/mol. The highest BCUT2D eigenvalue weighted by molar-refractivity contribution is 8.01. The Labute approximate surface area is 65.6 Å². The third-order valence-corrected chi connectivity index (χ3v) is 3.82. The topological polar surface area (TPSA) is 46.2 Å². The zero-order valence-corrected chi connectivity index (χ0v) is 7.68. The fraction of sp³-hybridized carbons (Fsp3) is 1.00. The van der Waals surface area contributed by atoms with E-state index in [0.29, 0.717) is 0 Å². The summed E-state index contributed by atoms with van der Waals surface area (Å²) in [6.45, 7) is 1.92. The first-order chi connectivity index (χ1) is 4.41. The third-order valence-electron chi connectivity index (χ3n) is 1.27. The van der Waals surface area contributed by atoms with Gasteiger partial charge in [0.25, 0.3) is 0 Å². The molecule has 3 nitrogen and oxygen atoms in total. The van der Waals surface area contributed by atoms with Crippen molar-refractivity contribution in [2.75, 3.05) is 17.8 Å². The second kappa shape index (κ2) is 2.39. The number of thioether (sulfide) groups is 1. The first-order valence-corrected chi connectivity index (χ1v) is 6.03. The molecule has 0 amide bonds. The monoisotopic (exact) mass is 181 g/mol. The highest BCUT2D eigenvalue weighted by Crippen LogP contribution is 2.28. The number of hydrogen-bond acceptors (Lipinski definition) is 3. The molecule has 10 heavy (non-hydrogen) atoms. The maximum absolute atomic E-state index is 10.7. The molecule has 0 spiro atoms. The van der Waals surface area contributed by atoms with E-state index in [0.717, 1.165) is 11.5 Å². The van der Waals surface area contributed by atoms with Crippen molar-refractivity contribution in [3.05, 3.63) is 0 Å². The molecule has 5 heteroatoms. The number of nitrogens with one attached hydrogen (secondary N) is 1. The van der Waals surface area contributed by atoms with Gasteiger partial charge in [0.05, 0.1) is 6.26 Å². The summed E-state index contributed by atoms with van der Waals surface area (Å²) in [5.41, 5.74) is -0.168. The summed E-state index contributed by atoms with van der Waals surface area (Å²) in [5.74, 6) is 1.78. The fourth-order valence-corrected chi connectivity index (χ4v) is 3.10. The summed E-state index contributed by atoms with van der Waals surface area (Å²) in [7, 11) is -3.01. The summed E-state index contributed by atoms with van der Waals surface area (Å²) in [4.78, 5) is 0. The Balaban J connectivity index is 2.53. The van der Waals surface area contributed by atoms with Crippen molar-refractivity contribution in [2.45, 2.75) is 12.5 Å². The van der Waals surface area contributed by atoms with Gasteiger partial charge in [-0.15, -0.1) is 0 Å². The van der Waals surface area contributed by atoms with Gasteiger partial charge in [-0.25, -0.2) is 13.1 Å². The Hall–Kier alpha value is 0.260. The van der Waals surface area contributed by atoms with Crippen LogP contribution in [-0.2, 0) is 10.0 Å². The van der Waals surface area contributed by atoms with Gasteiger partial charge in [0.1, 0.15) is 0 Å². The lowest BCUT2D eigenvalue weighted by atomic mass is 10.1. The van der Waals surface area contributed by atoms with E-state index in [-0.39, 0.29) is 5.54 Å². The van der Waals surface area contributed by atoms with Crippen molar-refractivity contribution in [3.8, 4) is 0 Å². The first-order valence-electron chi connectivity index (χ1n) is 2.98. The Morgan fingerprint density at radius 2 is 2.00 bits per heavy atom. The van der Waals surface area contributed by atoms with E-state index in [1.807, 2.05) is 6.92 Å². The van der Waals surface area contributed by atoms with Gasteiger partial charge in [-0.05, 0) is 6.92 Å². The molecule has 0 aliphatic carbocycles. The van der Waals surface area contributed by atoms with Gasteiger partial charge in [-0.3, -0.25) is 0 Å². The van der Waals surface area contributed by atoms with Crippen LogP contribution in [0.3, 0.4) is 0 Å². The van der Waals surface area contributed by atoms with E-state index in [9.17, 15) is 8.42 Å². The van der Waals surface area contributed by atoms with E-state index in [2.05, 4.69) is 4.72 Å². The standard InChI is InChI=1S/C5H11NO2S2/c1-5(3-9-4-5)6-10(2,7)8/h6H,3-4H2,1-2H3. The quantitative estimate of drug-likeness (QED) is 0.654. The molecule has 0 unspecified atom stereocenters. The van der Waals surface area contributed by atoms with Crippen LogP contribution in [0, 0.1) is 0 Å². The molecule has 0 atom stereocenters. The summed E-state index contributed by atoms with van der Waals surface area (Å²) < 4.78 is 24.0. The molecule has 0 saturated carbocycles. The maximum atomic E-state index is 10.7. The molecule has 60 valence electrons. The molecule has 1 saturated heterocycles. The number of rotatable bonds is 2. The smallest absolute Gasteiger partial charge is 0.209 e. The lowest BCUT2D eigenvalue weighted by Gasteiger charge is -2.37. The van der Waals surface area contributed by atoms with Crippen LogP contribution in [0.2, 0.25) is 0 Å². The lowest BCUT2D eigenvalue weighted by Crippen LogP contribution is -2.55. The van der Waals surface area contributed by atoms with Crippen LogP contribution in [0.15, 0.2) is 0 Å². The van der Waals surface area contributed by atoms with E-state index < -0.39 is 10.0 Å². The molecular formula is C5H11NO2S2. The summed E-state index contributed by atoms with van der Waals surface area (Å²) in [5, 5.41) is 0. The molecule has 0 radical (unpaired) electrons. The van der Waals surface area contributed by atoms with Crippen LogP contribution < -0.4 is 4.72 Å². The van der Waals surface area contributed by atoms with Gasteiger partial charge in [-0.2, -0.15) is 11.8 Å². The molecule has 1 fully saturated rings. The molecule has 0 aromatic rings. The second-order valence-corrected chi connectivity index (χ2v) is 5.66. The Morgan fingerprint density at radius 1 is 1.50 bits per heavy atom. The highest BCUT2D eigenvalue weighted by atomic mass is 32.2. The second-order valence-electron chi connectivity index (χ2n) is 2.93. The number of sulfonamides is 1. The van der Waals surface area contributed by atoms with Crippen molar-refractivity contribution in [1.82, 2.24) is 4.72 Å². The zero-order chi connectivity index (χ0) is 7.83. The van der Waals surface area contributed by atoms with Crippen LogP contribution in [-0.4, -0.2) is 31.7 Å². The van der Waals surface area contributed by atoms with Gasteiger partial charge >= 0.3 is 0 Å². The molecule has 1 aliphatic heterocycles. The van der Waals surface area contributed by atoms with Crippen LogP contribution in [0.4, 0.5) is 0 Å². The van der Waals surface area contributed by atoms with Crippen LogP contribution in [0.1, 0.15) is 6.92 Å². The van der Waals surface area contributed by atoms with Gasteiger partial charge in [0.15, 0.2) is 0 Å². The Kier molecular flexibility index (Phi) is 2.00. The SMILES string of the molecule is CC1(NS(C)(=O)=O)CSC1. The lowest BCUT2D eigenvalue weighted by molar-refractivity contribution is 0.490.